The minimum Gasteiger partial charge on any atom is -0.743 e. The van der Waals surface area contributed by atoms with Gasteiger partial charge in [0, 0.05) is 0 Å². The Morgan fingerprint density at radius 2 is 1.35 bits per heavy atom. The summed E-state index contributed by atoms with van der Waals surface area (Å²) >= 11 is 0. The van der Waals surface area contributed by atoms with Crippen LogP contribution in [0.25, 0.3) is 0 Å². The first-order valence-corrected chi connectivity index (χ1v) is 4.53. The first kappa shape index (κ1) is 19.7. The van der Waals surface area contributed by atoms with Gasteiger partial charge in [0.2, 0.25) is 0 Å². The molecule has 0 radical (unpaired) electrons. The standard InChI is InChI=1S/C4H3F7O4S.Na/c5-2(6,7)1-15-3(8,9)4(10,11)16(12,13)14;/h1H2,(H,12,13,14);/q;+1/p-1. The third kappa shape index (κ3) is 5.26. The van der Waals surface area contributed by atoms with Crippen molar-refractivity contribution < 1.29 is 78.0 Å². The zero-order valence-corrected chi connectivity index (χ0v) is 10.7. The van der Waals surface area contributed by atoms with Crippen LogP contribution in [0, 0.1) is 0 Å². The van der Waals surface area contributed by atoms with Gasteiger partial charge in [-0.15, -0.1) is 0 Å². The van der Waals surface area contributed by atoms with Gasteiger partial charge in [0.05, 0.1) is 0 Å². The zero-order chi connectivity index (χ0) is 13.4. The molecule has 0 aromatic rings. The Kier molecular flexibility index (Phi) is 6.46. The van der Waals surface area contributed by atoms with Crippen LogP contribution in [-0.2, 0) is 14.9 Å². The van der Waals surface area contributed by atoms with Crippen LogP contribution in [0.3, 0.4) is 0 Å². The summed E-state index contributed by atoms with van der Waals surface area (Å²) in [6.45, 7) is -2.83. The SMILES string of the molecule is O=S(=O)([O-])C(F)(F)C(F)(F)OCC(F)(F)F.[Na+]. The molecule has 0 heterocycles. The van der Waals surface area contributed by atoms with Gasteiger partial charge < -0.3 is 9.29 Å². The van der Waals surface area contributed by atoms with E-state index in [-0.39, 0.29) is 29.6 Å². The van der Waals surface area contributed by atoms with E-state index in [0.717, 1.165) is 0 Å². The number of halogens is 7. The average Bonchev–Trinajstić information content (AvgIpc) is 1.97. The number of ether oxygens (including phenoxy) is 1. The molecule has 0 atom stereocenters. The first-order chi connectivity index (χ1) is 6.71. The fourth-order valence-electron chi connectivity index (χ4n) is 0.402. The molecule has 0 spiro atoms. The topological polar surface area (TPSA) is 66.4 Å². The summed E-state index contributed by atoms with van der Waals surface area (Å²) in [5.41, 5.74) is 0. The molecule has 98 valence electrons. The largest absolute Gasteiger partial charge is 1.00 e. The van der Waals surface area contributed by atoms with Crippen LogP contribution in [0.15, 0.2) is 0 Å². The van der Waals surface area contributed by atoms with Gasteiger partial charge in [-0.1, -0.05) is 0 Å². The molecule has 0 aliphatic carbocycles. The summed E-state index contributed by atoms with van der Waals surface area (Å²) in [7, 11) is -6.85. The molecule has 0 saturated heterocycles. The van der Waals surface area contributed by atoms with E-state index in [2.05, 4.69) is 4.74 Å². The fraction of sp³-hybridized carbons (Fsp3) is 1.00. The van der Waals surface area contributed by atoms with Crippen molar-refractivity contribution in [3.05, 3.63) is 0 Å². The van der Waals surface area contributed by atoms with E-state index >= 15 is 0 Å². The van der Waals surface area contributed by atoms with Gasteiger partial charge >= 0.3 is 47.1 Å². The molecule has 0 aliphatic rings. The Morgan fingerprint density at radius 1 is 1.00 bits per heavy atom. The van der Waals surface area contributed by atoms with Crippen molar-refractivity contribution in [2.24, 2.45) is 0 Å². The second kappa shape index (κ2) is 5.57. The predicted molar refractivity (Wildman–Crippen MR) is 31.6 cm³/mol. The quantitative estimate of drug-likeness (QED) is 0.353. The fourth-order valence-corrected chi connectivity index (χ4v) is 0.752. The van der Waals surface area contributed by atoms with E-state index in [9.17, 15) is 43.7 Å². The van der Waals surface area contributed by atoms with Crippen molar-refractivity contribution >= 4 is 10.1 Å². The minimum atomic E-state index is -6.85. The maximum atomic E-state index is 12.2. The van der Waals surface area contributed by atoms with Crippen LogP contribution in [0.5, 0.6) is 0 Å². The van der Waals surface area contributed by atoms with E-state index in [1.807, 2.05) is 0 Å². The van der Waals surface area contributed by atoms with E-state index < -0.39 is 34.3 Å². The third-order valence-corrected chi connectivity index (χ3v) is 1.94. The molecule has 0 aliphatic heterocycles. The first-order valence-electron chi connectivity index (χ1n) is 3.12. The maximum absolute atomic E-state index is 12.2. The molecular weight excluding hydrogens is 300 g/mol. The summed E-state index contributed by atoms with van der Waals surface area (Å²) in [6.07, 6.45) is -11.4. The van der Waals surface area contributed by atoms with Gasteiger partial charge in [-0.3, -0.25) is 0 Å². The van der Waals surface area contributed by atoms with Gasteiger partial charge in [0.1, 0.15) is 6.61 Å². The molecule has 0 amide bonds. The van der Waals surface area contributed by atoms with Crippen molar-refractivity contribution in [3.63, 3.8) is 0 Å². The number of hydrogen-bond acceptors (Lipinski definition) is 4. The van der Waals surface area contributed by atoms with Crippen molar-refractivity contribution in [1.29, 1.82) is 0 Å². The van der Waals surface area contributed by atoms with Crippen LogP contribution in [0.1, 0.15) is 0 Å². The summed E-state index contributed by atoms with van der Waals surface area (Å²) < 4.78 is 114. The molecule has 4 nitrogen and oxygen atoms in total. The minimum absolute atomic E-state index is 0. The van der Waals surface area contributed by atoms with Crippen LogP contribution in [0.4, 0.5) is 30.7 Å². The maximum Gasteiger partial charge on any atom is 1.00 e. The van der Waals surface area contributed by atoms with Gasteiger partial charge in [-0.25, -0.2) is 8.42 Å². The average molecular weight is 302 g/mol. The molecule has 0 aromatic heterocycles. The number of rotatable bonds is 4. The van der Waals surface area contributed by atoms with Crippen LogP contribution < -0.4 is 29.6 Å². The number of alkyl halides is 7. The molecule has 0 bridgehead atoms. The third-order valence-electron chi connectivity index (χ3n) is 1.07. The Bertz CT molecular complexity index is 349. The zero-order valence-electron chi connectivity index (χ0n) is 7.89. The van der Waals surface area contributed by atoms with Crippen molar-refractivity contribution in [1.82, 2.24) is 0 Å². The summed E-state index contributed by atoms with van der Waals surface area (Å²) in [6, 6.07) is 0. The number of hydrogen-bond donors (Lipinski definition) is 0. The predicted octanol–water partition coefficient (Wildman–Crippen LogP) is -1.70. The van der Waals surface area contributed by atoms with Gasteiger partial charge in [-0.05, 0) is 0 Å². The van der Waals surface area contributed by atoms with Crippen molar-refractivity contribution in [3.8, 4) is 0 Å². The van der Waals surface area contributed by atoms with Crippen molar-refractivity contribution in [2.45, 2.75) is 17.5 Å². The molecule has 0 N–H and O–H groups in total. The van der Waals surface area contributed by atoms with Gasteiger partial charge in [-0.2, -0.15) is 30.7 Å². The summed E-state index contributed by atoms with van der Waals surface area (Å²) in [5, 5.41) is -6.29. The summed E-state index contributed by atoms with van der Waals surface area (Å²) in [4.78, 5) is 0. The van der Waals surface area contributed by atoms with E-state index in [1.165, 1.54) is 0 Å². The smallest absolute Gasteiger partial charge is 0.743 e. The van der Waals surface area contributed by atoms with Crippen LogP contribution in [-0.4, -0.2) is 37.1 Å². The molecule has 0 rings (SSSR count). The van der Waals surface area contributed by atoms with E-state index in [4.69, 9.17) is 0 Å². The Hall–Kier alpha value is 0.380. The van der Waals surface area contributed by atoms with E-state index in [0.29, 0.717) is 0 Å². The van der Waals surface area contributed by atoms with Crippen LogP contribution in [0.2, 0.25) is 0 Å². The molecule has 13 heteroatoms. The molecule has 0 unspecified atom stereocenters. The second-order valence-electron chi connectivity index (χ2n) is 2.39. The second-order valence-corrected chi connectivity index (χ2v) is 3.81. The normalized spacial score (nSPS) is 14.4. The molecular formula is C4H2F7NaO4S. The molecule has 0 fully saturated rings. The van der Waals surface area contributed by atoms with E-state index in [1.54, 1.807) is 0 Å². The van der Waals surface area contributed by atoms with Gasteiger partial charge in [0.25, 0.3) is 0 Å². The monoisotopic (exact) mass is 302 g/mol. The Labute approximate surface area is 112 Å². The summed E-state index contributed by atoms with van der Waals surface area (Å²) in [5.74, 6) is 0. The van der Waals surface area contributed by atoms with Crippen LogP contribution >= 0.6 is 0 Å². The Balaban J connectivity index is 0. The molecule has 17 heavy (non-hydrogen) atoms. The molecule has 0 saturated carbocycles. The van der Waals surface area contributed by atoms with Gasteiger partial charge in [0.15, 0.2) is 10.1 Å². The molecule has 0 aromatic carbocycles. The Morgan fingerprint density at radius 3 is 1.59 bits per heavy atom. The van der Waals surface area contributed by atoms with Crippen molar-refractivity contribution in [2.75, 3.05) is 6.61 Å².